The number of nitrogens with one attached hydrogen (secondary N) is 1. The quantitative estimate of drug-likeness (QED) is 0.903. The number of anilines is 2. The molecule has 3 N–H and O–H groups in total. The van der Waals surface area contributed by atoms with Gasteiger partial charge in [-0.05, 0) is 24.0 Å². The zero-order valence-electron chi connectivity index (χ0n) is 12.2. The Bertz CT molecular complexity index is 740. The molecule has 1 aromatic carbocycles. The van der Waals surface area contributed by atoms with Crippen LogP contribution in [0.25, 0.3) is 0 Å². The van der Waals surface area contributed by atoms with Crippen LogP contribution in [-0.2, 0) is 10.0 Å². The van der Waals surface area contributed by atoms with Crippen molar-refractivity contribution >= 4 is 21.7 Å². The summed E-state index contributed by atoms with van der Waals surface area (Å²) in [4.78, 5) is 7.41. The fourth-order valence-corrected chi connectivity index (χ4v) is 3.02. The number of sulfonamides is 1. The molecule has 6 nitrogen and oxygen atoms in total. The summed E-state index contributed by atoms with van der Waals surface area (Å²) < 4.78 is 27.4. The molecular weight excluding hydrogens is 288 g/mol. The lowest BCUT2D eigenvalue weighted by atomic mass is 9.99. The number of hydrogen-bond donors (Lipinski definition) is 2. The zero-order valence-corrected chi connectivity index (χ0v) is 13.0. The van der Waals surface area contributed by atoms with Crippen LogP contribution in [-0.4, -0.2) is 18.4 Å². The highest BCUT2D eigenvalue weighted by atomic mass is 32.2. The molecule has 112 valence electrons. The fraction of sp³-hybridized carbons (Fsp3) is 0.286. The van der Waals surface area contributed by atoms with E-state index in [1.54, 1.807) is 0 Å². The molecule has 0 amide bonds. The minimum absolute atomic E-state index is 0.0188. The minimum Gasteiger partial charge on any atom is -0.368 e. The molecular formula is C14H18N4O2S. The van der Waals surface area contributed by atoms with E-state index < -0.39 is 10.0 Å². The van der Waals surface area contributed by atoms with Crippen LogP contribution in [0.2, 0.25) is 0 Å². The summed E-state index contributed by atoms with van der Waals surface area (Å²) in [6.45, 7) is 5.89. The average Bonchev–Trinajstić information content (AvgIpc) is 2.41. The largest absolute Gasteiger partial charge is 0.368 e. The van der Waals surface area contributed by atoms with Crippen molar-refractivity contribution < 1.29 is 8.42 Å². The maximum absolute atomic E-state index is 12.4. The van der Waals surface area contributed by atoms with Crippen molar-refractivity contribution in [3.05, 3.63) is 41.7 Å². The van der Waals surface area contributed by atoms with Gasteiger partial charge in [-0.2, -0.15) is 0 Å². The summed E-state index contributed by atoms with van der Waals surface area (Å²) in [6.07, 6.45) is 2.38. The minimum atomic E-state index is -3.74. The molecule has 1 aromatic heterocycles. The highest BCUT2D eigenvalue weighted by molar-refractivity contribution is 7.92. The molecule has 7 heteroatoms. The number of rotatable bonds is 4. The molecule has 1 heterocycles. The first-order valence-corrected chi connectivity index (χ1v) is 7.99. The molecule has 0 bridgehead atoms. The Morgan fingerprint density at radius 3 is 2.38 bits per heavy atom. The van der Waals surface area contributed by atoms with Crippen molar-refractivity contribution in [2.45, 2.75) is 31.6 Å². The normalized spacial score (nSPS) is 11.6. The predicted octanol–water partition coefficient (Wildman–Crippen LogP) is 2.29. The Morgan fingerprint density at radius 1 is 1.19 bits per heavy atom. The van der Waals surface area contributed by atoms with Gasteiger partial charge in [0, 0.05) is 0 Å². The Morgan fingerprint density at radius 2 is 1.81 bits per heavy atom. The highest BCUT2D eigenvalue weighted by Crippen LogP contribution is 2.29. The van der Waals surface area contributed by atoms with Gasteiger partial charge in [0.05, 0.1) is 18.1 Å². The molecule has 0 radical (unpaired) electrons. The zero-order chi connectivity index (χ0) is 15.6. The van der Waals surface area contributed by atoms with Crippen molar-refractivity contribution in [2.75, 3.05) is 10.5 Å². The van der Waals surface area contributed by atoms with E-state index in [0.29, 0.717) is 5.69 Å². The van der Waals surface area contributed by atoms with Gasteiger partial charge in [-0.15, -0.1) is 0 Å². The number of aryl methyl sites for hydroxylation is 1. The van der Waals surface area contributed by atoms with Crippen molar-refractivity contribution in [3.63, 3.8) is 0 Å². The Hall–Kier alpha value is -2.15. The Balaban J connectivity index is 2.44. The number of nitrogens with zero attached hydrogens (tertiary/aromatic N) is 2. The molecule has 21 heavy (non-hydrogen) atoms. The third kappa shape index (κ3) is 3.30. The summed E-state index contributed by atoms with van der Waals surface area (Å²) in [5.74, 6) is 0.234. The summed E-state index contributed by atoms with van der Waals surface area (Å²) >= 11 is 0. The molecule has 0 fully saturated rings. The Kier molecular flexibility index (Phi) is 4.13. The second kappa shape index (κ2) is 5.69. The lowest BCUT2D eigenvalue weighted by molar-refractivity contribution is 0.600. The monoisotopic (exact) mass is 306 g/mol. The van der Waals surface area contributed by atoms with Gasteiger partial charge in [0.25, 0.3) is 10.0 Å². The number of benzene rings is 1. The molecule has 2 aromatic rings. The molecule has 0 aliphatic carbocycles. The van der Waals surface area contributed by atoms with Gasteiger partial charge in [-0.1, -0.05) is 32.0 Å². The predicted molar refractivity (Wildman–Crippen MR) is 82.5 cm³/mol. The van der Waals surface area contributed by atoms with Crippen LogP contribution in [0, 0.1) is 6.92 Å². The Labute approximate surface area is 124 Å². The van der Waals surface area contributed by atoms with E-state index >= 15 is 0 Å². The van der Waals surface area contributed by atoms with E-state index in [2.05, 4.69) is 14.7 Å². The molecule has 0 saturated carbocycles. The van der Waals surface area contributed by atoms with Gasteiger partial charge in [-0.25, -0.2) is 18.4 Å². The topological polar surface area (TPSA) is 98.0 Å². The number of para-hydroxylation sites is 1. The van der Waals surface area contributed by atoms with Gasteiger partial charge >= 0.3 is 0 Å². The van der Waals surface area contributed by atoms with E-state index in [1.807, 2.05) is 39.0 Å². The molecule has 0 atom stereocenters. The lowest BCUT2D eigenvalue weighted by Gasteiger charge is -2.17. The third-order valence-corrected chi connectivity index (χ3v) is 4.43. The van der Waals surface area contributed by atoms with Gasteiger partial charge in [-0.3, -0.25) is 4.72 Å². The highest BCUT2D eigenvalue weighted by Gasteiger charge is 2.19. The maximum atomic E-state index is 12.4. The van der Waals surface area contributed by atoms with Gasteiger partial charge in [0.1, 0.15) is 4.90 Å². The molecule has 2 rings (SSSR count). The van der Waals surface area contributed by atoms with Gasteiger partial charge in [0.15, 0.2) is 0 Å². The second-order valence-corrected chi connectivity index (χ2v) is 6.76. The van der Waals surface area contributed by atoms with E-state index in [9.17, 15) is 8.42 Å². The summed E-state index contributed by atoms with van der Waals surface area (Å²) in [6, 6.07) is 5.69. The van der Waals surface area contributed by atoms with Crippen LogP contribution in [0.15, 0.2) is 35.5 Å². The van der Waals surface area contributed by atoms with E-state index in [0.717, 1.165) is 11.1 Å². The lowest BCUT2D eigenvalue weighted by Crippen LogP contribution is -2.16. The smallest absolute Gasteiger partial charge is 0.264 e. The average molecular weight is 306 g/mol. The third-order valence-electron chi connectivity index (χ3n) is 3.12. The number of aromatic nitrogens is 2. The van der Waals surface area contributed by atoms with Gasteiger partial charge in [0.2, 0.25) is 5.95 Å². The first-order chi connectivity index (χ1) is 9.81. The molecule has 0 saturated heterocycles. The molecule has 0 aliphatic heterocycles. The van der Waals surface area contributed by atoms with E-state index in [-0.39, 0.29) is 16.8 Å². The van der Waals surface area contributed by atoms with E-state index in [4.69, 9.17) is 5.73 Å². The standard InChI is InChI=1S/C14H18N4O2S/c1-9(2)12-6-4-5-10(3)13(12)18-21(19,20)11-7-16-14(15)17-8-11/h4-9,18H,1-3H3,(H2,15,16,17). The van der Waals surface area contributed by atoms with Crippen LogP contribution >= 0.6 is 0 Å². The van der Waals surface area contributed by atoms with Crippen LogP contribution in [0.4, 0.5) is 11.6 Å². The summed E-state index contributed by atoms with van der Waals surface area (Å²) in [7, 11) is -3.74. The summed E-state index contributed by atoms with van der Waals surface area (Å²) in [5.41, 5.74) is 7.78. The van der Waals surface area contributed by atoms with Crippen molar-refractivity contribution in [3.8, 4) is 0 Å². The number of nitrogen functional groups attached to an aromatic ring is 1. The molecule has 0 spiro atoms. The SMILES string of the molecule is Cc1cccc(C(C)C)c1NS(=O)(=O)c1cnc(N)nc1. The molecule has 0 aliphatic rings. The van der Waals surface area contributed by atoms with Crippen LogP contribution in [0.5, 0.6) is 0 Å². The van der Waals surface area contributed by atoms with Crippen LogP contribution < -0.4 is 10.5 Å². The first kappa shape index (κ1) is 15.2. The van der Waals surface area contributed by atoms with Crippen molar-refractivity contribution in [2.24, 2.45) is 0 Å². The van der Waals surface area contributed by atoms with Crippen LogP contribution in [0.1, 0.15) is 30.9 Å². The number of nitrogens with two attached hydrogens (primary N) is 1. The van der Waals surface area contributed by atoms with E-state index in [1.165, 1.54) is 12.4 Å². The molecule has 0 unspecified atom stereocenters. The van der Waals surface area contributed by atoms with Crippen molar-refractivity contribution in [1.29, 1.82) is 0 Å². The number of hydrogen-bond acceptors (Lipinski definition) is 5. The first-order valence-electron chi connectivity index (χ1n) is 6.51. The fourth-order valence-electron chi connectivity index (χ4n) is 1.97. The van der Waals surface area contributed by atoms with Crippen LogP contribution in [0.3, 0.4) is 0 Å². The maximum Gasteiger partial charge on any atom is 0.264 e. The second-order valence-electron chi connectivity index (χ2n) is 5.08. The summed E-state index contributed by atoms with van der Waals surface area (Å²) in [5, 5.41) is 0. The van der Waals surface area contributed by atoms with Gasteiger partial charge < -0.3 is 5.73 Å². The van der Waals surface area contributed by atoms with Crippen molar-refractivity contribution in [1.82, 2.24) is 9.97 Å².